The summed E-state index contributed by atoms with van der Waals surface area (Å²) in [5.74, 6) is 0.839. The van der Waals surface area contributed by atoms with Gasteiger partial charge in [0.25, 0.3) is 0 Å². The second kappa shape index (κ2) is 9.99. The molecule has 2 aromatic carbocycles. The number of benzene rings is 2. The largest absolute Gasteiger partial charge is 0.460 e. The van der Waals surface area contributed by atoms with E-state index in [-0.39, 0.29) is 24.0 Å². The van der Waals surface area contributed by atoms with Crippen molar-refractivity contribution in [1.82, 2.24) is 4.90 Å². The summed E-state index contributed by atoms with van der Waals surface area (Å²) in [6, 6.07) is 21.7. The van der Waals surface area contributed by atoms with Gasteiger partial charge in [-0.1, -0.05) is 74.5 Å². The van der Waals surface area contributed by atoms with Gasteiger partial charge >= 0.3 is 5.97 Å². The molecule has 1 aliphatic rings. The number of hydrogen-bond donors (Lipinski definition) is 0. The molecule has 0 aromatic heterocycles. The van der Waals surface area contributed by atoms with Crippen LogP contribution in [0.3, 0.4) is 0 Å². The van der Waals surface area contributed by atoms with Crippen molar-refractivity contribution in [1.29, 1.82) is 0 Å². The zero-order valence-corrected chi connectivity index (χ0v) is 20.0. The Kier molecular flexibility index (Phi) is 7.59. The van der Waals surface area contributed by atoms with Crippen LogP contribution in [0.25, 0.3) is 0 Å². The van der Waals surface area contributed by atoms with Crippen molar-refractivity contribution in [2.45, 2.75) is 78.6 Å². The Morgan fingerprint density at radius 3 is 2.10 bits per heavy atom. The molecule has 4 atom stereocenters. The first-order valence-electron chi connectivity index (χ1n) is 11.7. The molecule has 1 aliphatic carbocycles. The molecule has 0 N–H and O–H groups in total. The molecule has 0 saturated heterocycles. The van der Waals surface area contributed by atoms with Crippen LogP contribution in [0.1, 0.15) is 71.6 Å². The fraction of sp³-hybridized carbons (Fsp3) is 0.536. The van der Waals surface area contributed by atoms with Crippen LogP contribution >= 0.6 is 0 Å². The number of carbonyl (C=O) groups excluding carboxylic acids is 1. The van der Waals surface area contributed by atoms with Gasteiger partial charge in [0, 0.05) is 18.6 Å². The third-order valence-corrected chi connectivity index (χ3v) is 6.60. The second-order valence-corrected chi connectivity index (χ2v) is 10.4. The fourth-order valence-electron chi connectivity index (χ4n) is 5.07. The summed E-state index contributed by atoms with van der Waals surface area (Å²) in [7, 11) is 0. The zero-order chi connectivity index (χ0) is 22.6. The minimum Gasteiger partial charge on any atom is -0.460 e. The number of carbonyl (C=O) groups is 1. The van der Waals surface area contributed by atoms with Crippen molar-refractivity contribution in [2.24, 2.45) is 17.8 Å². The molecular formula is C28H39NO2. The van der Waals surface area contributed by atoms with Gasteiger partial charge in [0.2, 0.25) is 0 Å². The molecule has 1 fully saturated rings. The van der Waals surface area contributed by atoms with Crippen molar-refractivity contribution in [3.8, 4) is 0 Å². The predicted octanol–water partition coefficient (Wildman–Crippen LogP) is 6.64. The highest BCUT2D eigenvalue weighted by Crippen LogP contribution is 2.44. The maximum Gasteiger partial charge on any atom is 0.311 e. The second-order valence-electron chi connectivity index (χ2n) is 10.4. The Labute approximate surface area is 188 Å². The van der Waals surface area contributed by atoms with Crippen LogP contribution in [0.5, 0.6) is 0 Å². The molecule has 1 saturated carbocycles. The van der Waals surface area contributed by atoms with Gasteiger partial charge in [-0.3, -0.25) is 9.69 Å². The number of esters is 1. The predicted molar refractivity (Wildman–Crippen MR) is 128 cm³/mol. The zero-order valence-electron chi connectivity index (χ0n) is 20.0. The SMILES string of the molecule is CC(C)[C@@H]1CC[C@H](C(=O)OC(C)(C)C)[C@H]1N(Cc1ccccc1)[C@@H](C)c1ccccc1. The lowest BCUT2D eigenvalue weighted by Crippen LogP contribution is -2.47. The van der Waals surface area contributed by atoms with E-state index in [2.05, 4.69) is 86.3 Å². The van der Waals surface area contributed by atoms with Gasteiger partial charge in [-0.25, -0.2) is 0 Å². The summed E-state index contributed by atoms with van der Waals surface area (Å²) in [5.41, 5.74) is 2.10. The smallest absolute Gasteiger partial charge is 0.311 e. The summed E-state index contributed by atoms with van der Waals surface area (Å²) in [5, 5.41) is 0. The average molecular weight is 422 g/mol. The first kappa shape index (κ1) is 23.5. The van der Waals surface area contributed by atoms with E-state index < -0.39 is 5.60 Å². The molecule has 168 valence electrons. The van der Waals surface area contributed by atoms with Crippen molar-refractivity contribution < 1.29 is 9.53 Å². The summed E-state index contributed by atoms with van der Waals surface area (Å²) < 4.78 is 5.90. The molecule has 3 nitrogen and oxygen atoms in total. The maximum atomic E-state index is 13.3. The van der Waals surface area contributed by atoms with E-state index in [1.54, 1.807) is 0 Å². The third kappa shape index (κ3) is 5.98. The van der Waals surface area contributed by atoms with Gasteiger partial charge in [0.05, 0.1) is 5.92 Å². The van der Waals surface area contributed by atoms with Crippen LogP contribution in [0.4, 0.5) is 0 Å². The monoisotopic (exact) mass is 421 g/mol. The van der Waals surface area contributed by atoms with Gasteiger partial charge in [-0.15, -0.1) is 0 Å². The molecule has 0 amide bonds. The van der Waals surface area contributed by atoms with E-state index in [1.165, 1.54) is 11.1 Å². The Hall–Kier alpha value is -2.13. The van der Waals surface area contributed by atoms with Crippen LogP contribution in [-0.4, -0.2) is 22.5 Å². The lowest BCUT2D eigenvalue weighted by atomic mass is 9.85. The summed E-state index contributed by atoms with van der Waals surface area (Å²) in [6.07, 6.45) is 1.97. The van der Waals surface area contributed by atoms with Gasteiger partial charge in [-0.05, 0) is 63.5 Å². The quantitative estimate of drug-likeness (QED) is 0.469. The Morgan fingerprint density at radius 1 is 0.968 bits per heavy atom. The molecule has 3 heteroatoms. The van der Waals surface area contributed by atoms with E-state index in [0.717, 1.165) is 19.4 Å². The first-order valence-corrected chi connectivity index (χ1v) is 11.7. The Morgan fingerprint density at radius 2 is 1.55 bits per heavy atom. The minimum atomic E-state index is -0.465. The van der Waals surface area contributed by atoms with Crippen LogP contribution in [0.15, 0.2) is 60.7 Å². The number of nitrogens with zero attached hydrogens (tertiary/aromatic N) is 1. The Bertz CT molecular complexity index is 825. The van der Waals surface area contributed by atoms with Gasteiger partial charge in [0.1, 0.15) is 5.60 Å². The average Bonchev–Trinajstić information content (AvgIpc) is 3.17. The summed E-state index contributed by atoms with van der Waals surface area (Å²) in [4.78, 5) is 15.9. The van der Waals surface area contributed by atoms with Crippen molar-refractivity contribution in [2.75, 3.05) is 0 Å². The molecule has 0 radical (unpaired) electrons. The standard InChI is InChI=1S/C28H39NO2/c1-20(2)24-17-18-25(27(30)31-28(4,5)6)26(24)29(19-22-13-9-7-10-14-22)21(3)23-15-11-8-12-16-23/h7-16,20-21,24-26H,17-19H2,1-6H3/t21-,24-,25-,26-/m0/s1. The normalized spacial score (nSPS) is 22.6. The maximum absolute atomic E-state index is 13.3. The van der Waals surface area contributed by atoms with E-state index in [0.29, 0.717) is 11.8 Å². The lowest BCUT2D eigenvalue weighted by Gasteiger charge is -2.41. The van der Waals surface area contributed by atoms with E-state index in [9.17, 15) is 4.79 Å². The molecular weight excluding hydrogens is 382 g/mol. The van der Waals surface area contributed by atoms with Crippen molar-refractivity contribution in [3.63, 3.8) is 0 Å². The van der Waals surface area contributed by atoms with E-state index in [1.807, 2.05) is 20.8 Å². The van der Waals surface area contributed by atoms with Crippen LogP contribution in [0, 0.1) is 17.8 Å². The minimum absolute atomic E-state index is 0.0426. The van der Waals surface area contributed by atoms with Gasteiger partial charge in [0.15, 0.2) is 0 Å². The number of ether oxygens (including phenoxy) is 1. The Balaban J connectivity index is 2.00. The van der Waals surface area contributed by atoms with Crippen molar-refractivity contribution in [3.05, 3.63) is 71.8 Å². The van der Waals surface area contributed by atoms with Crippen LogP contribution < -0.4 is 0 Å². The highest BCUT2D eigenvalue weighted by molar-refractivity contribution is 5.74. The lowest BCUT2D eigenvalue weighted by molar-refractivity contribution is -0.162. The van der Waals surface area contributed by atoms with Gasteiger partial charge < -0.3 is 4.74 Å². The third-order valence-electron chi connectivity index (χ3n) is 6.60. The highest BCUT2D eigenvalue weighted by atomic mass is 16.6. The summed E-state index contributed by atoms with van der Waals surface area (Å²) >= 11 is 0. The van der Waals surface area contributed by atoms with E-state index in [4.69, 9.17) is 4.74 Å². The first-order chi connectivity index (χ1) is 14.7. The fourth-order valence-corrected chi connectivity index (χ4v) is 5.07. The molecule has 2 aromatic rings. The summed E-state index contributed by atoms with van der Waals surface area (Å²) in [6.45, 7) is 13.6. The van der Waals surface area contributed by atoms with Crippen LogP contribution in [0.2, 0.25) is 0 Å². The molecule has 0 aliphatic heterocycles. The molecule has 0 unspecified atom stereocenters. The van der Waals surface area contributed by atoms with Gasteiger partial charge in [-0.2, -0.15) is 0 Å². The molecule has 0 heterocycles. The highest BCUT2D eigenvalue weighted by Gasteiger charge is 2.47. The number of hydrogen-bond acceptors (Lipinski definition) is 3. The molecule has 31 heavy (non-hydrogen) atoms. The molecule has 0 spiro atoms. The van der Waals surface area contributed by atoms with E-state index >= 15 is 0 Å². The molecule has 0 bridgehead atoms. The molecule has 3 rings (SSSR count). The number of rotatable bonds is 7. The van der Waals surface area contributed by atoms with Crippen molar-refractivity contribution >= 4 is 5.97 Å². The van der Waals surface area contributed by atoms with Crippen LogP contribution in [-0.2, 0) is 16.1 Å². The topological polar surface area (TPSA) is 29.5 Å².